The Bertz CT molecular complexity index is 981. The van der Waals surface area contributed by atoms with Gasteiger partial charge in [-0.15, -0.1) is 0 Å². The summed E-state index contributed by atoms with van der Waals surface area (Å²) in [7, 11) is 0. The van der Waals surface area contributed by atoms with Crippen molar-refractivity contribution in [3.63, 3.8) is 0 Å². The number of hydrogen-bond donors (Lipinski definition) is 2. The van der Waals surface area contributed by atoms with Gasteiger partial charge in [-0.1, -0.05) is 55.2 Å². The van der Waals surface area contributed by atoms with Crippen molar-refractivity contribution in [2.45, 2.75) is 44.6 Å². The number of hydrogen-bond acceptors (Lipinski definition) is 3. The van der Waals surface area contributed by atoms with Crippen LogP contribution in [0.3, 0.4) is 0 Å². The molecule has 0 atom stereocenters. The van der Waals surface area contributed by atoms with Crippen molar-refractivity contribution in [1.82, 2.24) is 15.8 Å². The minimum absolute atomic E-state index is 0.231. The number of nitrogens with one attached hydrogen (secondary N) is 2. The SMILES string of the molecule is Cc1ccc(-c2ccc(C(=O)NN3C(=O)NC4(CCCCC4)C3=O)c(F)c2)cc1. The van der Waals surface area contributed by atoms with Gasteiger partial charge in [-0.25, -0.2) is 9.18 Å². The molecule has 1 aliphatic carbocycles. The van der Waals surface area contributed by atoms with E-state index in [0.717, 1.165) is 30.4 Å². The Balaban J connectivity index is 1.52. The summed E-state index contributed by atoms with van der Waals surface area (Å²) in [6, 6.07) is 11.2. The summed E-state index contributed by atoms with van der Waals surface area (Å²) in [5.74, 6) is -2.04. The second-order valence-corrected chi connectivity index (χ2v) is 7.72. The number of benzene rings is 2. The molecule has 2 aromatic rings. The largest absolute Gasteiger partial charge is 0.344 e. The maximum atomic E-state index is 14.6. The molecule has 1 spiro atoms. The highest BCUT2D eigenvalue weighted by atomic mass is 19.1. The molecule has 29 heavy (non-hydrogen) atoms. The van der Waals surface area contributed by atoms with Crippen LogP contribution in [0.2, 0.25) is 0 Å². The Kier molecular flexibility index (Phi) is 4.82. The fourth-order valence-corrected chi connectivity index (χ4v) is 4.00. The lowest BCUT2D eigenvalue weighted by Crippen LogP contribution is -2.51. The smallest absolute Gasteiger partial charge is 0.322 e. The third kappa shape index (κ3) is 3.48. The Morgan fingerprint density at radius 2 is 1.69 bits per heavy atom. The number of carbonyl (C=O) groups excluding carboxylic acids is 3. The number of halogens is 1. The molecule has 6 nitrogen and oxygen atoms in total. The zero-order valence-electron chi connectivity index (χ0n) is 16.1. The van der Waals surface area contributed by atoms with Gasteiger partial charge in [0.05, 0.1) is 5.56 Å². The number of rotatable bonds is 3. The number of aryl methyl sites for hydroxylation is 1. The maximum absolute atomic E-state index is 14.6. The van der Waals surface area contributed by atoms with Crippen LogP contribution in [0.4, 0.5) is 9.18 Å². The highest BCUT2D eigenvalue weighted by Gasteiger charge is 2.52. The zero-order chi connectivity index (χ0) is 20.6. The number of nitrogens with zero attached hydrogens (tertiary/aromatic N) is 1. The number of urea groups is 1. The molecule has 7 heteroatoms. The molecule has 1 saturated carbocycles. The van der Waals surface area contributed by atoms with Gasteiger partial charge in [-0.3, -0.25) is 15.0 Å². The normalized spacial score (nSPS) is 18.1. The van der Waals surface area contributed by atoms with Gasteiger partial charge in [0.15, 0.2) is 0 Å². The van der Waals surface area contributed by atoms with Gasteiger partial charge >= 0.3 is 6.03 Å². The summed E-state index contributed by atoms with van der Waals surface area (Å²) in [5, 5.41) is 3.39. The average Bonchev–Trinajstić information content (AvgIpc) is 2.93. The number of amides is 4. The highest BCUT2D eigenvalue weighted by molar-refractivity contribution is 6.09. The van der Waals surface area contributed by atoms with Crippen LogP contribution < -0.4 is 10.7 Å². The molecule has 0 bridgehead atoms. The van der Waals surface area contributed by atoms with Crippen LogP contribution in [0.1, 0.15) is 48.0 Å². The van der Waals surface area contributed by atoms with Crippen LogP contribution >= 0.6 is 0 Å². The molecule has 1 saturated heterocycles. The summed E-state index contributed by atoms with van der Waals surface area (Å²) in [4.78, 5) is 37.6. The molecule has 4 amide bonds. The van der Waals surface area contributed by atoms with E-state index in [0.29, 0.717) is 23.4 Å². The topological polar surface area (TPSA) is 78.5 Å². The molecule has 1 heterocycles. The van der Waals surface area contributed by atoms with Crippen LogP contribution in [-0.2, 0) is 4.79 Å². The first-order valence-electron chi connectivity index (χ1n) is 9.74. The van der Waals surface area contributed by atoms with Gasteiger partial charge in [-0.05, 0) is 43.0 Å². The minimum Gasteiger partial charge on any atom is -0.322 e. The zero-order valence-corrected chi connectivity index (χ0v) is 16.1. The summed E-state index contributed by atoms with van der Waals surface area (Å²) in [6.45, 7) is 1.96. The van der Waals surface area contributed by atoms with E-state index in [1.807, 2.05) is 31.2 Å². The second-order valence-electron chi connectivity index (χ2n) is 7.72. The molecule has 2 N–H and O–H groups in total. The first kappa shape index (κ1) is 19.1. The highest BCUT2D eigenvalue weighted by Crippen LogP contribution is 2.33. The predicted molar refractivity (Wildman–Crippen MR) is 105 cm³/mol. The van der Waals surface area contributed by atoms with E-state index < -0.39 is 29.2 Å². The van der Waals surface area contributed by atoms with E-state index in [1.54, 1.807) is 6.07 Å². The van der Waals surface area contributed by atoms with E-state index in [2.05, 4.69) is 10.7 Å². The van der Waals surface area contributed by atoms with Crippen LogP contribution in [0, 0.1) is 12.7 Å². The van der Waals surface area contributed by atoms with Crippen molar-refractivity contribution in [3.05, 3.63) is 59.4 Å². The van der Waals surface area contributed by atoms with Crippen molar-refractivity contribution in [2.24, 2.45) is 0 Å². The maximum Gasteiger partial charge on any atom is 0.344 e. The molecular weight excluding hydrogens is 373 g/mol. The Hall–Kier alpha value is -3.22. The second kappa shape index (κ2) is 7.31. The lowest BCUT2D eigenvalue weighted by molar-refractivity contribution is -0.134. The summed E-state index contributed by atoms with van der Waals surface area (Å²) in [5.41, 5.74) is 3.64. The van der Waals surface area contributed by atoms with E-state index in [-0.39, 0.29) is 5.56 Å². The van der Waals surface area contributed by atoms with Crippen molar-refractivity contribution in [1.29, 1.82) is 0 Å². The van der Waals surface area contributed by atoms with Crippen LogP contribution in [0.15, 0.2) is 42.5 Å². The quantitative estimate of drug-likeness (QED) is 0.778. The summed E-state index contributed by atoms with van der Waals surface area (Å²) >= 11 is 0. The predicted octanol–water partition coefficient (Wildman–Crippen LogP) is 3.70. The lowest BCUT2D eigenvalue weighted by Gasteiger charge is -2.30. The van der Waals surface area contributed by atoms with E-state index in [9.17, 15) is 18.8 Å². The van der Waals surface area contributed by atoms with Crippen LogP contribution in [0.5, 0.6) is 0 Å². The molecule has 2 aromatic carbocycles. The number of imide groups is 1. The molecule has 0 radical (unpaired) electrons. The number of hydrazine groups is 1. The van der Waals surface area contributed by atoms with E-state index >= 15 is 0 Å². The van der Waals surface area contributed by atoms with Gasteiger partial charge in [0.2, 0.25) is 0 Å². The lowest BCUT2D eigenvalue weighted by atomic mass is 9.82. The molecular formula is C22H22FN3O3. The average molecular weight is 395 g/mol. The van der Waals surface area contributed by atoms with Crippen molar-refractivity contribution >= 4 is 17.8 Å². The first-order chi connectivity index (χ1) is 13.9. The molecule has 0 aromatic heterocycles. The standard InChI is InChI=1S/C22H22FN3O3/c1-14-5-7-15(8-6-14)16-9-10-17(18(23)13-16)19(27)25-26-20(28)22(24-21(26)29)11-3-2-4-12-22/h5-10,13H,2-4,11-12H2,1H3,(H,24,29)(H,25,27). The Morgan fingerprint density at radius 1 is 1.03 bits per heavy atom. The van der Waals surface area contributed by atoms with Gasteiger partial charge in [0.1, 0.15) is 11.4 Å². The van der Waals surface area contributed by atoms with Gasteiger partial charge in [-0.2, -0.15) is 5.01 Å². The van der Waals surface area contributed by atoms with Crippen LogP contribution in [-0.4, -0.2) is 28.4 Å². The monoisotopic (exact) mass is 395 g/mol. The Morgan fingerprint density at radius 3 is 2.34 bits per heavy atom. The summed E-state index contributed by atoms with van der Waals surface area (Å²) in [6.07, 6.45) is 3.77. The first-order valence-corrected chi connectivity index (χ1v) is 9.74. The Labute approximate surface area is 168 Å². The van der Waals surface area contributed by atoms with E-state index in [4.69, 9.17) is 0 Å². The molecule has 2 fully saturated rings. The van der Waals surface area contributed by atoms with Crippen LogP contribution in [0.25, 0.3) is 11.1 Å². The van der Waals surface area contributed by atoms with Gasteiger partial charge < -0.3 is 5.32 Å². The van der Waals surface area contributed by atoms with Crippen molar-refractivity contribution < 1.29 is 18.8 Å². The molecule has 0 unspecified atom stereocenters. The molecule has 150 valence electrons. The summed E-state index contributed by atoms with van der Waals surface area (Å²) < 4.78 is 14.6. The van der Waals surface area contributed by atoms with Gasteiger partial charge in [0.25, 0.3) is 11.8 Å². The molecule has 2 aliphatic rings. The third-order valence-corrected chi connectivity index (χ3v) is 5.68. The van der Waals surface area contributed by atoms with Gasteiger partial charge in [0, 0.05) is 0 Å². The minimum atomic E-state index is -0.948. The van der Waals surface area contributed by atoms with Crippen molar-refractivity contribution in [3.8, 4) is 11.1 Å². The van der Waals surface area contributed by atoms with Crippen molar-refractivity contribution in [2.75, 3.05) is 0 Å². The molecule has 1 aliphatic heterocycles. The fourth-order valence-electron chi connectivity index (χ4n) is 4.00. The third-order valence-electron chi connectivity index (χ3n) is 5.68. The number of carbonyl (C=O) groups is 3. The van der Waals surface area contributed by atoms with E-state index in [1.165, 1.54) is 12.1 Å². The fraction of sp³-hybridized carbons (Fsp3) is 0.318. The molecule has 4 rings (SSSR count).